The zero-order valence-corrected chi connectivity index (χ0v) is 16.3. The molecule has 1 atom stereocenters. The SMILES string of the molecule is Cc1nc(-c2ccccc2)c(CC(=O)N[C@@H](c2cccs2)C(C)C)s1. The summed E-state index contributed by atoms with van der Waals surface area (Å²) >= 11 is 3.29. The molecule has 0 radical (unpaired) electrons. The molecule has 3 aromatic rings. The Balaban J connectivity index is 1.77. The first-order valence-corrected chi connectivity index (χ1v) is 10.1. The second-order valence-corrected chi connectivity index (χ2v) is 8.62. The topological polar surface area (TPSA) is 42.0 Å². The fourth-order valence-corrected chi connectivity index (χ4v) is 4.72. The monoisotopic (exact) mass is 370 g/mol. The second-order valence-electron chi connectivity index (χ2n) is 6.35. The lowest BCUT2D eigenvalue weighted by molar-refractivity contribution is -0.121. The third kappa shape index (κ3) is 4.35. The standard InChI is InChI=1S/C20H22N2OS2/c1-13(2)19(16-10-7-11-24-16)22-18(23)12-17-20(21-14(3)25-17)15-8-5-4-6-9-15/h4-11,13,19H,12H2,1-3H3,(H,22,23)/t19-/m1/s1. The largest absolute Gasteiger partial charge is 0.348 e. The summed E-state index contributed by atoms with van der Waals surface area (Å²) in [4.78, 5) is 19.6. The van der Waals surface area contributed by atoms with E-state index in [9.17, 15) is 4.79 Å². The van der Waals surface area contributed by atoms with Crippen LogP contribution < -0.4 is 5.32 Å². The molecule has 0 bridgehead atoms. The van der Waals surface area contributed by atoms with Crippen molar-refractivity contribution in [2.75, 3.05) is 0 Å². The summed E-state index contributed by atoms with van der Waals surface area (Å²) in [7, 11) is 0. The Morgan fingerprint density at radius 2 is 1.92 bits per heavy atom. The van der Waals surface area contributed by atoms with Gasteiger partial charge in [-0.2, -0.15) is 0 Å². The number of carbonyl (C=O) groups excluding carboxylic acids is 1. The van der Waals surface area contributed by atoms with Crippen molar-refractivity contribution < 1.29 is 4.79 Å². The van der Waals surface area contributed by atoms with E-state index in [2.05, 4.69) is 35.6 Å². The fraction of sp³-hybridized carbons (Fsp3) is 0.300. The number of benzene rings is 1. The number of aromatic nitrogens is 1. The predicted octanol–water partition coefficient (Wildman–Crippen LogP) is 5.24. The van der Waals surface area contributed by atoms with E-state index >= 15 is 0 Å². The van der Waals surface area contributed by atoms with E-state index in [-0.39, 0.29) is 11.9 Å². The van der Waals surface area contributed by atoms with Crippen molar-refractivity contribution >= 4 is 28.6 Å². The molecule has 130 valence electrons. The molecule has 0 spiro atoms. The Kier molecular flexibility index (Phi) is 5.66. The molecule has 0 saturated heterocycles. The van der Waals surface area contributed by atoms with Crippen molar-refractivity contribution in [1.82, 2.24) is 10.3 Å². The molecule has 0 saturated carbocycles. The quantitative estimate of drug-likeness (QED) is 0.645. The molecule has 0 unspecified atom stereocenters. The van der Waals surface area contributed by atoms with Crippen LogP contribution in [0.3, 0.4) is 0 Å². The first kappa shape index (κ1) is 17.8. The van der Waals surface area contributed by atoms with Crippen LogP contribution in [0.25, 0.3) is 11.3 Å². The van der Waals surface area contributed by atoms with Crippen LogP contribution in [0.15, 0.2) is 47.8 Å². The van der Waals surface area contributed by atoms with Gasteiger partial charge in [0, 0.05) is 15.3 Å². The Bertz CT molecular complexity index is 823. The molecule has 0 fully saturated rings. The van der Waals surface area contributed by atoms with Gasteiger partial charge in [-0.25, -0.2) is 4.98 Å². The summed E-state index contributed by atoms with van der Waals surface area (Å²) in [5.74, 6) is 0.396. The van der Waals surface area contributed by atoms with Gasteiger partial charge in [0.2, 0.25) is 5.91 Å². The van der Waals surface area contributed by atoms with Crippen LogP contribution in [-0.4, -0.2) is 10.9 Å². The number of hydrogen-bond donors (Lipinski definition) is 1. The number of carbonyl (C=O) groups is 1. The maximum absolute atomic E-state index is 12.7. The summed E-state index contributed by atoms with van der Waals surface area (Å²) in [5, 5.41) is 6.24. The Morgan fingerprint density at radius 1 is 1.16 bits per heavy atom. The number of aryl methyl sites for hydroxylation is 1. The Morgan fingerprint density at radius 3 is 2.56 bits per heavy atom. The Labute approximate surface area is 156 Å². The zero-order valence-electron chi connectivity index (χ0n) is 14.7. The van der Waals surface area contributed by atoms with Crippen molar-refractivity contribution in [3.63, 3.8) is 0 Å². The molecule has 3 rings (SSSR count). The molecule has 5 heteroatoms. The highest BCUT2D eigenvalue weighted by Gasteiger charge is 2.21. The maximum atomic E-state index is 12.7. The number of thiazole rings is 1. The lowest BCUT2D eigenvalue weighted by atomic mass is 10.0. The van der Waals surface area contributed by atoms with E-state index < -0.39 is 0 Å². The summed E-state index contributed by atoms with van der Waals surface area (Å²) in [6.45, 7) is 6.26. The normalized spacial score (nSPS) is 12.3. The van der Waals surface area contributed by atoms with Crippen LogP contribution in [0, 0.1) is 12.8 Å². The molecule has 0 aliphatic heterocycles. The van der Waals surface area contributed by atoms with Crippen molar-refractivity contribution in [3.8, 4) is 11.3 Å². The second kappa shape index (κ2) is 7.93. The molecule has 0 aliphatic carbocycles. The lowest BCUT2D eigenvalue weighted by Gasteiger charge is -2.21. The molecule has 1 aromatic carbocycles. The average molecular weight is 371 g/mol. The average Bonchev–Trinajstić information content (AvgIpc) is 3.23. The first-order chi connectivity index (χ1) is 12.0. The first-order valence-electron chi connectivity index (χ1n) is 8.39. The molecule has 3 nitrogen and oxygen atoms in total. The van der Waals surface area contributed by atoms with Crippen LogP contribution in [0.1, 0.15) is 34.7 Å². The minimum atomic E-state index is 0.0490. The number of rotatable bonds is 6. The molecule has 2 aromatic heterocycles. The van der Waals surface area contributed by atoms with Gasteiger partial charge in [-0.15, -0.1) is 22.7 Å². The summed E-state index contributed by atoms with van der Waals surface area (Å²) in [6.07, 6.45) is 0.365. The fourth-order valence-electron chi connectivity index (χ4n) is 2.82. The van der Waals surface area contributed by atoms with Gasteiger partial charge in [-0.1, -0.05) is 50.2 Å². The van der Waals surface area contributed by atoms with Gasteiger partial charge in [0.05, 0.1) is 23.2 Å². The highest BCUT2D eigenvalue weighted by molar-refractivity contribution is 7.12. The minimum absolute atomic E-state index is 0.0490. The molecular formula is C20H22N2OS2. The van der Waals surface area contributed by atoms with Gasteiger partial charge in [-0.05, 0) is 24.3 Å². The van der Waals surface area contributed by atoms with Crippen LogP contribution in [-0.2, 0) is 11.2 Å². The molecule has 2 heterocycles. The van der Waals surface area contributed by atoms with Crippen LogP contribution in [0.4, 0.5) is 0 Å². The van der Waals surface area contributed by atoms with Crippen molar-refractivity contribution in [2.45, 2.75) is 33.2 Å². The lowest BCUT2D eigenvalue weighted by Crippen LogP contribution is -2.32. The van der Waals surface area contributed by atoms with Crippen LogP contribution in [0.5, 0.6) is 0 Å². The number of nitrogens with one attached hydrogen (secondary N) is 1. The van der Waals surface area contributed by atoms with Gasteiger partial charge >= 0.3 is 0 Å². The van der Waals surface area contributed by atoms with E-state index in [4.69, 9.17) is 0 Å². The summed E-state index contributed by atoms with van der Waals surface area (Å²) in [5.41, 5.74) is 1.99. The number of thiophene rings is 1. The Hall–Kier alpha value is -1.98. The zero-order chi connectivity index (χ0) is 17.8. The third-order valence-corrected chi connectivity index (χ3v) is 5.93. The molecule has 25 heavy (non-hydrogen) atoms. The predicted molar refractivity (Wildman–Crippen MR) is 106 cm³/mol. The van der Waals surface area contributed by atoms with Gasteiger partial charge in [0.25, 0.3) is 0 Å². The third-order valence-electron chi connectivity index (χ3n) is 4.01. The van der Waals surface area contributed by atoms with Gasteiger partial charge < -0.3 is 5.32 Å². The van der Waals surface area contributed by atoms with Crippen molar-refractivity contribution in [3.05, 3.63) is 62.6 Å². The molecule has 0 aliphatic rings. The minimum Gasteiger partial charge on any atom is -0.348 e. The van der Waals surface area contributed by atoms with E-state index in [0.717, 1.165) is 21.1 Å². The molecular weight excluding hydrogens is 348 g/mol. The highest BCUT2D eigenvalue weighted by Crippen LogP contribution is 2.29. The van der Waals surface area contributed by atoms with E-state index in [1.54, 1.807) is 22.7 Å². The van der Waals surface area contributed by atoms with Crippen molar-refractivity contribution in [1.29, 1.82) is 0 Å². The highest BCUT2D eigenvalue weighted by atomic mass is 32.1. The van der Waals surface area contributed by atoms with Gasteiger partial charge in [0.1, 0.15) is 0 Å². The maximum Gasteiger partial charge on any atom is 0.225 e. The van der Waals surface area contributed by atoms with Gasteiger partial charge in [0.15, 0.2) is 0 Å². The number of nitrogens with zero attached hydrogens (tertiary/aromatic N) is 1. The summed E-state index contributed by atoms with van der Waals surface area (Å²) in [6, 6.07) is 14.2. The van der Waals surface area contributed by atoms with Crippen LogP contribution >= 0.6 is 22.7 Å². The van der Waals surface area contributed by atoms with E-state index in [0.29, 0.717) is 12.3 Å². The summed E-state index contributed by atoms with van der Waals surface area (Å²) < 4.78 is 0. The number of amides is 1. The van der Waals surface area contributed by atoms with E-state index in [1.807, 2.05) is 43.3 Å². The van der Waals surface area contributed by atoms with Crippen molar-refractivity contribution in [2.24, 2.45) is 5.92 Å². The molecule has 1 N–H and O–H groups in total. The molecule has 1 amide bonds. The van der Waals surface area contributed by atoms with Crippen LogP contribution in [0.2, 0.25) is 0 Å². The smallest absolute Gasteiger partial charge is 0.225 e. The van der Waals surface area contributed by atoms with Gasteiger partial charge in [-0.3, -0.25) is 4.79 Å². The number of hydrogen-bond acceptors (Lipinski definition) is 4. The van der Waals surface area contributed by atoms with E-state index in [1.165, 1.54) is 4.88 Å².